The first-order valence-electron chi connectivity index (χ1n) is 9.35. The Morgan fingerprint density at radius 3 is 2.50 bits per heavy atom. The summed E-state index contributed by atoms with van der Waals surface area (Å²) in [7, 11) is 1.65. The number of nitrogens with one attached hydrogen (secondary N) is 1. The molecule has 2 fully saturated rings. The van der Waals surface area contributed by atoms with Gasteiger partial charge in [-0.2, -0.15) is 0 Å². The highest BCUT2D eigenvalue weighted by Crippen LogP contribution is 2.32. The van der Waals surface area contributed by atoms with Gasteiger partial charge in [0.1, 0.15) is 0 Å². The Hall–Kier alpha value is -0.0500. The van der Waals surface area contributed by atoms with E-state index in [0.29, 0.717) is 6.54 Å². The zero-order valence-corrected chi connectivity index (χ0v) is 16.1. The van der Waals surface area contributed by atoms with E-state index in [1.165, 1.54) is 17.1 Å². The van der Waals surface area contributed by atoms with E-state index in [-0.39, 0.29) is 24.3 Å². The second kappa shape index (κ2) is 9.59. The Bertz CT molecular complexity index is 403. The first-order valence-corrected chi connectivity index (χ1v) is 10.4. The lowest BCUT2D eigenvalue weighted by atomic mass is 9.80. The van der Waals surface area contributed by atoms with E-state index in [1.54, 1.807) is 7.05 Å². The van der Waals surface area contributed by atoms with Gasteiger partial charge in [0.25, 0.3) is 0 Å². The molecule has 0 spiro atoms. The zero-order chi connectivity index (χ0) is 17.7. The van der Waals surface area contributed by atoms with Crippen molar-refractivity contribution < 1.29 is 13.5 Å². The summed E-state index contributed by atoms with van der Waals surface area (Å²) >= 11 is -1.98. The summed E-state index contributed by atoms with van der Waals surface area (Å²) in [5.41, 5.74) is 6.30. The third-order valence-electron chi connectivity index (χ3n) is 5.69. The van der Waals surface area contributed by atoms with Gasteiger partial charge < -0.3 is 15.8 Å². The molecule has 0 aromatic carbocycles. The van der Waals surface area contributed by atoms with Gasteiger partial charge in [-0.3, -0.25) is 4.55 Å². The minimum absolute atomic E-state index is 0.0382. The number of nitrogens with two attached hydrogens (primary N) is 1. The van der Waals surface area contributed by atoms with Crippen molar-refractivity contribution in [3.63, 3.8) is 0 Å². The van der Waals surface area contributed by atoms with Crippen LogP contribution in [0.25, 0.3) is 0 Å². The van der Waals surface area contributed by atoms with Crippen LogP contribution in [-0.4, -0.2) is 57.5 Å². The quantitative estimate of drug-likeness (QED) is 0.601. The van der Waals surface area contributed by atoms with Gasteiger partial charge in [0.2, 0.25) is 11.3 Å². The molecule has 0 aromatic heterocycles. The van der Waals surface area contributed by atoms with Crippen molar-refractivity contribution in [3.8, 4) is 0 Å². The van der Waals surface area contributed by atoms with Crippen LogP contribution in [0.4, 0.5) is 0 Å². The van der Waals surface area contributed by atoms with Crippen molar-refractivity contribution in [2.24, 2.45) is 17.6 Å². The fraction of sp³-hybridized carbons (Fsp3) is 1.00. The number of nitrogens with zero attached hydrogens (tertiary/aromatic N) is 1. The van der Waals surface area contributed by atoms with Crippen LogP contribution in [-0.2, 0) is 16.0 Å². The molecule has 6 nitrogen and oxygen atoms in total. The molecule has 0 amide bonds. The van der Waals surface area contributed by atoms with Crippen LogP contribution in [0.15, 0.2) is 0 Å². The van der Waals surface area contributed by atoms with Gasteiger partial charge in [-0.25, -0.2) is 8.51 Å². The number of piperidine rings is 1. The predicted octanol–water partition coefficient (Wildman–Crippen LogP) is 1.73. The lowest BCUT2D eigenvalue weighted by molar-refractivity contribution is -0.0652. The molecule has 1 saturated heterocycles. The summed E-state index contributed by atoms with van der Waals surface area (Å²) in [6.07, 6.45) is 6.71. The number of hydrogen-bond donors (Lipinski definition) is 3. The molecule has 0 bridgehead atoms. The Balaban J connectivity index is 1.96. The highest BCUT2D eigenvalue weighted by Gasteiger charge is 2.34. The summed E-state index contributed by atoms with van der Waals surface area (Å²) in [4.78, 5) is 0. The fourth-order valence-electron chi connectivity index (χ4n) is 4.04. The van der Waals surface area contributed by atoms with Gasteiger partial charge in [-0.05, 0) is 56.9 Å². The monoisotopic (exact) mass is 361 g/mol. The molecule has 1 unspecified atom stereocenters. The standard InChI is InChI=1S/C17H35N3O3S/c1-12(2)13-6-8-14(9-7-13)23-16(11-20(3)24(21)22)17-15(18)5-4-10-19-17/h12-17,19H,4-11,18H2,1-3H3,(H,21,22)/t13?,14?,15-,16+,17+/m0/s1. The van der Waals surface area contributed by atoms with Crippen LogP contribution >= 0.6 is 0 Å². The molecule has 0 radical (unpaired) electrons. The maximum atomic E-state index is 11.3. The van der Waals surface area contributed by atoms with Crippen LogP contribution < -0.4 is 11.1 Å². The van der Waals surface area contributed by atoms with Gasteiger partial charge >= 0.3 is 0 Å². The van der Waals surface area contributed by atoms with Crippen molar-refractivity contribution in [3.05, 3.63) is 0 Å². The van der Waals surface area contributed by atoms with Crippen molar-refractivity contribution >= 4 is 11.3 Å². The largest absolute Gasteiger partial charge is 0.372 e. The molecule has 4 N–H and O–H groups in total. The Labute approximate surface area is 149 Å². The van der Waals surface area contributed by atoms with E-state index >= 15 is 0 Å². The summed E-state index contributed by atoms with van der Waals surface area (Å²) in [6, 6.07) is 0.0869. The number of hydrogen-bond acceptors (Lipinski definition) is 4. The van der Waals surface area contributed by atoms with Crippen LogP contribution in [0, 0.1) is 11.8 Å². The molecule has 1 aliphatic heterocycles. The van der Waals surface area contributed by atoms with Crippen LogP contribution in [0.2, 0.25) is 0 Å². The summed E-state index contributed by atoms with van der Waals surface area (Å²) in [5.74, 6) is 1.53. The molecular formula is C17H35N3O3S. The highest BCUT2D eigenvalue weighted by atomic mass is 32.2. The lowest BCUT2D eigenvalue weighted by Gasteiger charge is -2.40. The van der Waals surface area contributed by atoms with E-state index in [0.717, 1.165) is 44.1 Å². The smallest absolute Gasteiger partial charge is 0.234 e. The van der Waals surface area contributed by atoms with Gasteiger partial charge in [-0.15, -0.1) is 0 Å². The molecule has 1 aliphatic carbocycles. The Kier molecular flexibility index (Phi) is 8.10. The average molecular weight is 362 g/mol. The zero-order valence-electron chi connectivity index (χ0n) is 15.3. The number of rotatable bonds is 7. The van der Waals surface area contributed by atoms with Crippen molar-refractivity contribution in [2.75, 3.05) is 20.1 Å². The highest BCUT2D eigenvalue weighted by molar-refractivity contribution is 7.76. The summed E-state index contributed by atoms with van der Waals surface area (Å²) < 4.78 is 28.5. The minimum Gasteiger partial charge on any atom is -0.372 e. The second-order valence-corrected chi connectivity index (χ2v) is 8.87. The van der Waals surface area contributed by atoms with Crippen LogP contribution in [0.3, 0.4) is 0 Å². The van der Waals surface area contributed by atoms with Gasteiger partial charge in [0.05, 0.1) is 12.2 Å². The summed E-state index contributed by atoms with van der Waals surface area (Å²) in [6.45, 7) is 5.94. The molecule has 7 heteroatoms. The maximum absolute atomic E-state index is 11.3. The third kappa shape index (κ3) is 5.75. The van der Waals surface area contributed by atoms with Crippen molar-refractivity contribution in [2.45, 2.75) is 76.7 Å². The molecule has 2 rings (SSSR count). The molecular weight excluding hydrogens is 326 g/mol. The summed E-state index contributed by atoms with van der Waals surface area (Å²) in [5, 5.41) is 3.47. The predicted molar refractivity (Wildman–Crippen MR) is 97.9 cm³/mol. The Morgan fingerprint density at radius 2 is 1.96 bits per heavy atom. The van der Waals surface area contributed by atoms with Crippen LogP contribution in [0.5, 0.6) is 0 Å². The normalized spacial score (nSPS) is 34.5. The molecule has 4 atom stereocenters. The first-order chi connectivity index (χ1) is 11.4. The fourth-order valence-corrected chi connectivity index (χ4v) is 4.32. The minimum atomic E-state index is -1.98. The topological polar surface area (TPSA) is 87.8 Å². The van der Waals surface area contributed by atoms with E-state index in [9.17, 15) is 8.76 Å². The molecule has 24 heavy (non-hydrogen) atoms. The Morgan fingerprint density at radius 1 is 1.29 bits per heavy atom. The molecule has 2 aliphatic rings. The molecule has 1 heterocycles. The third-order valence-corrected chi connectivity index (χ3v) is 6.37. The van der Waals surface area contributed by atoms with E-state index in [2.05, 4.69) is 19.2 Å². The van der Waals surface area contributed by atoms with Gasteiger partial charge in [-0.1, -0.05) is 13.8 Å². The second-order valence-electron chi connectivity index (χ2n) is 7.78. The van der Waals surface area contributed by atoms with Gasteiger partial charge in [0, 0.05) is 25.7 Å². The lowest BCUT2D eigenvalue weighted by Crippen LogP contribution is -2.59. The first kappa shape index (κ1) is 20.3. The van der Waals surface area contributed by atoms with Crippen molar-refractivity contribution in [1.29, 1.82) is 0 Å². The van der Waals surface area contributed by atoms with E-state index in [4.69, 9.17) is 10.5 Å². The number of likely N-dealkylation sites (N-methyl/N-ethyl adjacent to an activating group) is 1. The van der Waals surface area contributed by atoms with Crippen LogP contribution in [0.1, 0.15) is 52.4 Å². The molecule has 1 saturated carbocycles. The van der Waals surface area contributed by atoms with Crippen molar-refractivity contribution in [1.82, 2.24) is 9.62 Å². The molecule has 142 valence electrons. The molecule has 0 aromatic rings. The van der Waals surface area contributed by atoms with E-state index in [1.807, 2.05) is 0 Å². The average Bonchev–Trinajstić information content (AvgIpc) is 2.55. The SMILES string of the molecule is CC(C)C1CCC(O[C@H](CN(C)S(=O)O)[C@@H]2NCCC[C@@H]2N)CC1. The van der Waals surface area contributed by atoms with E-state index < -0.39 is 11.3 Å². The maximum Gasteiger partial charge on any atom is 0.234 e. The van der Waals surface area contributed by atoms with Gasteiger partial charge in [0.15, 0.2) is 0 Å². The number of ether oxygens (including phenoxy) is 1.